The van der Waals surface area contributed by atoms with Gasteiger partial charge in [0.25, 0.3) is 0 Å². The van der Waals surface area contributed by atoms with Gasteiger partial charge < -0.3 is 5.32 Å². The Bertz CT molecular complexity index is 1070. The minimum Gasteiger partial charge on any atom is -0.352 e. The monoisotopic (exact) mass is 487 g/mol. The van der Waals surface area contributed by atoms with Crippen LogP contribution in [-0.2, 0) is 27.9 Å². The molecule has 2 aliphatic rings. The highest BCUT2D eigenvalue weighted by Gasteiger charge is 2.33. The van der Waals surface area contributed by atoms with Gasteiger partial charge >= 0.3 is 0 Å². The van der Waals surface area contributed by atoms with Gasteiger partial charge in [0.05, 0.1) is 10.8 Å². The van der Waals surface area contributed by atoms with Crippen LogP contribution in [0.25, 0.3) is 0 Å². The van der Waals surface area contributed by atoms with Crippen molar-refractivity contribution in [2.24, 2.45) is 5.92 Å². The molecule has 1 atom stereocenters. The first-order valence-electron chi connectivity index (χ1n) is 12.3. The number of carbonyl (C=O) groups is 1. The topological polar surface area (TPSA) is 69.7 Å². The van der Waals surface area contributed by atoms with Crippen molar-refractivity contribution in [1.29, 1.82) is 0 Å². The zero-order chi connectivity index (χ0) is 24.0. The Morgan fingerprint density at radius 2 is 1.65 bits per heavy atom. The maximum atomic E-state index is 13.2. The molecule has 2 fully saturated rings. The second kappa shape index (κ2) is 11.4. The molecule has 34 heavy (non-hydrogen) atoms. The molecule has 1 amide bonds. The lowest BCUT2D eigenvalue weighted by Crippen LogP contribution is -2.45. The van der Waals surface area contributed by atoms with Crippen LogP contribution in [0.3, 0.4) is 0 Å². The standard InChI is InChI=1S/C26H34FN3O3S/c27-24-10-12-25(13-11-24)34(32,33)30-16-6-9-23(20-30)26(31)28-18-21-7-5-8-22(17-21)19-29-14-3-1-2-4-15-29/h5,7-8,10-13,17,23H,1-4,6,9,14-16,18-20H2,(H,28,31). The average molecular weight is 488 g/mol. The Kier molecular flexibility index (Phi) is 8.34. The molecular weight excluding hydrogens is 453 g/mol. The summed E-state index contributed by atoms with van der Waals surface area (Å²) < 4.78 is 40.4. The van der Waals surface area contributed by atoms with Crippen LogP contribution in [0.2, 0.25) is 0 Å². The Morgan fingerprint density at radius 3 is 2.38 bits per heavy atom. The quantitative estimate of drug-likeness (QED) is 0.643. The van der Waals surface area contributed by atoms with Crippen molar-refractivity contribution < 1.29 is 17.6 Å². The van der Waals surface area contributed by atoms with Crippen molar-refractivity contribution in [1.82, 2.24) is 14.5 Å². The molecule has 8 heteroatoms. The minimum atomic E-state index is -3.75. The molecule has 2 aromatic rings. The maximum absolute atomic E-state index is 13.2. The van der Waals surface area contributed by atoms with Crippen molar-refractivity contribution in [3.63, 3.8) is 0 Å². The molecule has 184 valence electrons. The van der Waals surface area contributed by atoms with E-state index in [2.05, 4.69) is 22.3 Å². The fourth-order valence-corrected chi connectivity index (χ4v) is 6.38. The third kappa shape index (κ3) is 6.43. The molecule has 0 aliphatic carbocycles. The lowest BCUT2D eigenvalue weighted by Gasteiger charge is -2.31. The molecule has 0 spiro atoms. The highest BCUT2D eigenvalue weighted by Crippen LogP contribution is 2.24. The largest absolute Gasteiger partial charge is 0.352 e. The van der Waals surface area contributed by atoms with Gasteiger partial charge in [-0.3, -0.25) is 9.69 Å². The molecule has 2 heterocycles. The molecule has 0 aromatic heterocycles. The van der Waals surface area contributed by atoms with Crippen LogP contribution < -0.4 is 5.32 Å². The van der Waals surface area contributed by atoms with Crippen molar-refractivity contribution in [2.45, 2.75) is 56.5 Å². The van der Waals surface area contributed by atoms with E-state index in [0.29, 0.717) is 25.9 Å². The maximum Gasteiger partial charge on any atom is 0.243 e. The summed E-state index contributed by atoms with van der Waals surface area (Å²) >= 11 is 0. The Labute approximate surface area is 202 Å². The number of sulfonamides is 1. The average Bonchev–Trinajstić information content (AvgIpc) is 3.12. The minimum absolute atomic E-state index is 0.0520. The Morgan fingerprint density at radius 1 is 0.941 bits per heavy atom. The van der Waals surface area contributed by atoms with Crippen molar-refractivity contribution in [3.8, 4) is 0 Å². The van der Waals surface area contributed by atoms with Gasteiger partial charge in [-0.05, 0) is 74.2 Å². The molecule has 2 aliphatic heterocycles. The van der Waals surface area contributed by atoms with Gasteiger partial charge in [0, 0.05) is 26.2 Å². The molecule has 0 bridgehead atoms. The van der Waals surface area contributed by atoms with Gasteiger partial charge in [0.15, 0.2) is 0 Å². The van der Waals surface area contributed by atoms with Crippen LogP contribution in [0.5, 0.6) is 0 Å². The summed E-state index contributed by atoms with van der Waals surface area (Å²) in [7, 11) is -3.75. The van der Waals surface area contributed by atoms with E-state index in [1.165, 1.54) is 47.7 Å². The molecule has 0 saturated carbocycles. The number of carbonyl (C=O) groups excluding carboxylic acids is 1. The molecule has 6 nitrogen and oxygen atoms in total. The molecule has 2 saturated heterocycles. The van der Waals surface area contributed by atoms with Gasteiger partial charge in [0.2, 0.25) is 15.9 Å². The second-order valence-corrected chi connectivity index (χ2v) is 11.3. The number of amides is 1. The van der Waals surface area contributed by atoms with Crippen molar-refractivity contribution >= 4 is 15.9 Å². The van der Waals surface area contributed by atoms with E-state index in [-0.39, 0.29) is 17.3 Å². The number of hydrogen-bond donors (Lipinski definition) is 1. The summed E-state index contributed by atoms with van der Waals surface area (Å²) in [5.74, 6) is -1.01. The van der Waals surface area contributed by atoms with E-state index < -0.39 is 21.8 Å². The number of piperidine rings is 1. The van der Waals surface area contributed by atoms with Crippen molar-refractivity contribution in [2.75, 3.05) is 26.2 Å². The van der Waals surface area contributed by atoms with Crippen LogP contribution in [0.1, 0.15) is 49.7 Å². The van der Waals surface area contributed by atoms with E-state index in [4.69, 9.17) is 0 Å². The predicted octanol–water partition coefficient (Wildman–Crippen LogP) is 3.92. The molecule has 1 unspecified atom stereocenters. The third-order valence-corrected chi connectivity index (χ3v) is 8.65. The molecule has 1 N–H and O–H groups in total. The highest BCUT2D eigenvalue weighted by atomic mass is 32.2. The van der Waals surface area contributed by atoms with Gasteiger partial charge in [0.1, 0.15) is 5.82 Å². The highest BCUT2D eigenvalue weighted by molar-refractivity contribution is 7.89. The van der Waals surface area contributed by atoms with E-state index in [0.717, 1.165) is 37.3 Å². The Hall–Kier alpha value is -2.29. The molecular formula is C26H34FN3O3S. The summed E-state index contributed by atoms with van der Waals surface area (Å²) in [5, 5.41) is 3.01. The third-order valence-electron chi connectivity index (χ3n) is 6.77. The Balaban J connectivity index is 1.32. The van der Waals surface area contributed by atoms with E-state index in [1.54, 1.807) is 0 Å². The first-order valence-corrected chi connectivity index (χ1v) is 13.7. The number of rotatable bonds is 7. The van der Waals surface area contributed by atoms with Gasteiger partial charge in [-0.15, -0.1) is 0 Å². The van der Waals surface area contributed by atoms with Gasteiger partial charge in [-0.2, -0.15) is 4.31 Å². The number of nitrogens with one attached hydrogen (secondary N) is 1. The normalized spacial score (nSPS) is 20.6. The van der Waals surface area contributed by atoms with Crippen LogP contribution >= 0.6 is 0 Å². The summed E-state index contributed by atoms with van der Waals surface area (Å²) in [6.45, 7) is 4.14. The zero-order valence-corrected chi connectivity index (χ0v) is 20.4. The molecule has 4 rings (SSSR count). The lowest BCUT2D eigenvalue weighted by atomic mass is 9.98. The first kappa shape index (κ1) is 24.8. The SMILES string of the molecule is O=C(NCc1cccc(CN2CCCCCC2)c1)C1CCCN(S(=O)(=O)c2ccc(F)cc2)C1. The van der Waals surface area contributed by atoms with Crippen LogP contribution in [0, 0.1) is 11.7 Å². The van der Waals surface area contributed by atoms with E-state index >= 15 is 0 Å². The molecule has 2 aromatic carbocycles. The smallest absolute Gasteiger partial charge is 0.243 e. The summed E-state index contributed by atoms with van der Waals surface area (Å²) in [6, 6.07) is 13.2. The zero-order valence-electron chi connectivity index (χ0n) is 19.6. The number of benzene rings is 2. The van der Waals surface area contributed by atoms with Crippen LogP contribution in [0.15, 0.2) is 53.4 Å². The van der Waals surface area contributed by atoms with Gasteiger partial charge in [-0.1, -0.05) is 37.1 Å². The summed E-state index contributed by atoms with van der Waals surface area (Å²) in [6.07, 6.45) is 6.40. The number of likely N-dealkylation sites (tertiary alicyclic amines) is 1. The number of halogens is 1. The number of nitrogens with zero attached hydrogens (tertiary/aromatic N) is 2. The second-order valence-electron chi connectivity index (χ2n) is 9.38. The van der Waals surface area contributed by atoms with E-state index in [1.807, 2.05) is 12.1 Å². The van der Waals surface area contributed by atoms with Gasteiger partial charge in [-0.25, -0.2) is 12.8 Å². The summed E-state index contributed by atoms with van der Waals surface area (Å²) in [5.41, 5.74) is 2.30. The fourth-order valence-electron chi connectivity index (χ4n) is 4.85. The van der Waals surface area contributed by atoms with Crippen LogP contribution in [-0.4, -0.2) is 49.7 Å². The fraction of sp³-hybridized carbons (Fsp3) is 0.500. The van der Waals surface area contributed by atoms with Crippen molar-refractivity contribution in [3.05, 3.63) is 65.5 Å². The number of hydrogen-bond acceptors (Lipinski definition) is 4. The lowest BCUT2D eigenvalue weighted by molar-refractivity contribution is -0.126. The predicted molar refractivity (Wildman–Crippen MR) is 130 cm³/mol. The van der Waals surface area contributed by atoms with E-state index in [9.17, 15) is 17.6 Å². The summed E-state index contributed by atoms with van der Waals surface area (Å²) in [4.78, 5) is 15.4. The first-order chi connectivity index (χ1) is 16.4. The molecule has 0 radical (unpaired) electrons. The van der Waals surface area contributed by atoms with Crippen LogP contribution in [0.4, 0.5) is 4.39 Å².